The number of hydrogen-bond donors (Lipinski definition) is 0. The summed E-state index contributed by atoms with van der Waals surface area (Å²) in [6.45, 7) is 1.40. The van der Waals surface area contributed by atoms with Gasteiger partial charge in [0.15, 0.2) is 5.76 Å². The molecule has 2 aromatic carbocycles. The number of alkyl halides is 3. The van der Waals surface area contributed by atoms with E-state index in [4.69, 9.17) is 10.9 Å². The number of terminal acetylenes is 1. The first-order valence-corrected chi connectivity index (χ1v) is 10.2. The van der Waals surface area contributed by atoms with Gasteiger partial charge >= 0.3 is 6.18 Å². The average molecular weight is 434 g/mol. The van der Waals surface area contributed by atoms with Gasteiger partial charge in [0.2, 0.25) is 10.0 Å². The zero-order chi connectivity index (χ0) is 21.9. The second kappa shape index (κ2) is 8.34. The number of benzene rings is 2. The summed E-state index contributed by atoms with van der Waals surface area (Å²) >= 11 is 0. The molecule has 156 valence electrons. The number of sulfonamides is 1. The molecule has 0 fully saturated rings. The van der Waals surface area contributed by atoms with Crippen LogP contribution >= 0.6 is 0 Å². The standard InChI is InChI=1S/C21H17F3N2O3S/c1-3-11-26(30(27,28)19-9-7-15(2)8-10-19)14-18-13-20(25-29-18)16-5-4-6-17(12-16)21(22,23)24/h1,4-10,12-13H,11,14H2,2H3. The molecule has 0 radical (unpaired) electrons. The van der Waals surface area contributed by atoms with Crippen molar-refractivity contribution in [1.29, 1.82) is 0 Å². The van der Waals surface area contributed by atoms with Crippen molar-refractivity contribution >= 4 is 10.0 Å². The third-order valence-corrected chi connectivity index (χ3v) is 6.11. The Hall–Kier alpha value is -3.09. The molecule has 0 saturated heterocycles. The molecule has 30 heavy (non-hydrogen) atoms. The second-order valence-electron chi connectivity index (χ2n) is 6.55. The first kappa shape index (κ1) is 21.6. The monoisotopic (exact) mass is 434 g/mol. The predicted molar refractivity (Wildman–Crippen MR) is 105 cm³/mol. The molecule has 0 atom stereocenters. The molecule has 9 heteroatoms. The summed E-state index contributed by atoms with van der Waals surface area (Å²) in [5, 5.41) is 3.77. The summed E-state index contributed by atoms with van der Waals surface area (Å²) in [6.07, 6.45) is 0.835. The first-order valence-electron chi connectivity index (χ1n) is 8.75. The van der Waals surface area contributed by atoms with E-state index in [0.29, 0.717) is 0 Å². The van der Waals surface area contributed by atoms with Crippen molar-refractivity contribution in [2.45, 2.75) is 24.5 Å². The van der Waals surface area contributed by atoms with Crippen LogP contribution in [0, 0.1) is 19.3 Å². The molecule has 3 aromatic rings. The molecule has 0 amide bonds. The summed E-state index contributed by atoms with van der Waals surface area (Å²) in [5.41, 5.74) is 0.438. The lowest BCUT2D eigenvalue weighted by Crippen LogP contribution is -2.31. The fraction of sp³-hybridized carbons (Fsp3) is 0.190. The van der Waals surface area contributed by atoms with Crippen molar-refractivity contribution in [3.8, 4) is 23.6 Å². The number of nitrogens with zero attached hydrogens (tertiary/aromatic N) is 2. The number of aromatic nitrogens is 1. The molecule has 1 aromatic heterocycles. The Morgan fingerprint density at radius 3 is 2.47 bits per heavy atom. The first-order chi connectivity index (χ1) is 14.1. The van der Waals surface area contributed by atoms with Gasteiger partial charge in [-0.15, -0.1) is 6.42 Å². The van der Waals surface area contributed by atoms with Crippen LogP contribution in [-0.2, 0) is 22.7 Å². The molecular weight excluding hydrogens is 417 g/mol. The fourth-order valence-electron chi connectivity index (χ4n) is 2.74. The highest BCUT2D eigenvalue weighted by atomic mass is 32.2. The van der Waals surface area contributed by atoms with Crippen LogP contribution in [0.25, 0.3) is 11.3 Å². The van der Waals surface area contributed by atoms with Gasteiger partial charge in [0.05, 0.1) is 23.5 Å². The number of halogens is 3. The van der Waals surface area contributed by atoms with Gasteiger partial charge in [-0.2, -0.15) is 17.5 Å². The minimum atomic E-state index is -4.49. The van der Waals surface area contributed by atoms with Crippen molar-refractivity contribution in [2.75, 3.05) is 6.54 Å². The Balaban J connectivity index is 1.87. The lowest BCUT2D eigenvalue weighted by molar-refractivity contribution is -0.137. The van der Waals surface area contributed by atoms with Crippen molar-refractivity contribution in [3.63, 3.8) is 0 Å². The Kier molecular flexibility index (Phi) is 6.01. The Bertz CT molecular complexity index is 1180. The zero-order valence-corrected chi connectivity index (χ0v) is 16.7. The summed E-state index contributed by atoms with van der Waals surface area (Å²) in [7, 11) is -3.91. The number of hydrogen-bond acceptors (Lipinski definition) is 4. The van der Waals surface area contributed by atoms with E-state index in [1.807, 2.05) is 6.92 Å². The third-order valence-electron chi connectivity index (χ3n) is 4.30. The van der Waals surface area contributed by atoms with Crippen LogP contribution in [0.2, 0.25) is 0 Å². The van der Waals surface area contributed by atoms with Gasteiger partial charge in [-0.25, -0.2) is 8.42 Å². The van der Waals surface area contributed by atoms with E-state index in [0.717, 1.165) is 22.0 Å². The van der Waals surface area contributed by atoms with E-state index in [1.54, 1.807) is 12.1 Å². The summed E-state index contributed by atoms with van der Waals surface area (Å²) in [5.74, 6) is 2.44. The highest BCUT2D eigenvalue weighted by Crippen LogP contribution is 2.32. The van der Waals surface area contributed by atoms with Crippen molar-refractivity contribution in [3.05, 3.63) is 71.5 Å². The maximum absolute atomic E-state index is 12.9. The van der Waals surface area contributed by atoms with Gasteiger partial charge in [-0.05, 0) is 31.2 Å². The van der Waals surface area contributed by atoms with Crippen molar-refractivity contribution < 1.29 is 26.1 Å². The van der Waals surface area contributed by atoms with E-state index < -0.39 is 21.8 Å². The Labute approximate surface area is 172 Å². The predicted octanol–water partition coefficient (Wildman–Crippen LogP) is 4.49. The third kappa shape index (κ3) is 4.72. The molecule has 0 unspecified atom stereocenters. The smallest absolute Gasteiger partial charge is 0.359 e. The normalized spacial score (nSPS) is 12.1. The average Bonchev–Trinajstić information content (AvgIpc) is 3.16. The van der Waals surface area contributed by atoms with Crippen molar-refractivity contribution in [1.82, 2.24) is 9.46 Å². The quantitative estimate of drug-likeness (QED) is 0.536. The zero-order valence-electron chi connectivity index (χ0n) is 15.8. The van der Waals surface area contributed by atoms with Crippen LogP contribution in [0.5, 0.6) is 0 Å². The molecule has 0 N–H and O–H groups in total. The van der Waals surface area contributed by atoms with Gasteiger partial charge in [-0.3, -0.25) is 0 Å². The topological polar surface area (TPSA) is 63.4 Å². The minimum absolute atomic E-state index is 0.0703. The SMILES string of the molecule is C#CCN(Cc1cc(-c2cccc(C(F)(F)F)c2)no1)S(=O)(=O)c1ccc(C)cc1. The minimum Gasteiger partial charge on any atom is -0.359 e. The molecule has 0 bridgehead atoms. The van der Waals surface area contributed by atoms with Gasteiger partial charge < -0.3 is 4.52 Å². The molecule has 5 nitrogen and oxygen atoms in total. The highest BCUT2D eigenvalue weighted by molar-refractivity contribution is 7.89. The van der Waals surface area contributed by atoms with Gasteiger partial charge in [0.1, 0.15) is 5.69 Å². The van der Waals surface area contributed by atoms with E-state index in [2.05, 4.69) is 11.1 Å². The lowest BCUT2D eigenvalue weighted by Gasteiger charge is -2.18. The van der Waals surface area contributed by atoms with Gasteiger partial charge in [0, 0.05) is 11.6 Å². The van der Waals surface area contributed by atoms with E-state index >= 15 is 0 Å². The molecule has 0 aliphatic carbocycles. The molecule has 0 spiro atoms. The molecule has 1 heterocycles. The summed E-state index contributed by atoms with van der Waals surface area (Å²) < 4.78 is 70.8. The number of rotatable bonds is 6. The second-order valence-corrected chi connectivity index (χ2v) is 8.49. The van der Waals surface area contributed by atoms with Crippen LogP contribution in [0.15, 0.2) is 64.0 Å². The van der Waals surface area contributed by atoms with E-state index in [9.17, 15) is 21.6 Å². The fourth-order valence-corrected chi connectivity index (χ4v) is 4.06. The molecule has 0 aliphatic heterocycles. The van der Waals surface area contributed by atoms with Gasteiger partial charge in [-0.1, -0.05) is 40.9 Å². The Morgan fingerprint density at radius 1 is 1.13 bits per heavy atom. The molecule has 0 aliphatic rings. The highest BCUT2D eigenvalue weighted by Gasteiger charge is 2.31. The van der Waals surface area contributed by atoms with Crippen molar-refractivity contribution in [2.24, 2.45) is 0 Å². The van der Waals surface area contributed by atoms with Gasteiger partial charge in [0.25, 0.3) is 0 Å². The largest absolute Gasteiger partial charge is 0.416 e. The van der Waals surface area contributed by atoms with E-state index in [-0.39, 0.29) is 35.0 Å². The molecular formula is C21H17F3N2O3S. The maximum Gasteiger partial charge on any atom is 0.416 e. The Morgan fingerprint density at radius 2 is 1.83 bits per heavy atom. The van der Waals surface area contributed by atoms with Crippen LogP contribution < -0.4 is 0 Å². The molecule has 3 rings (SSSR count). The van der Waals surface area contributed by atoms with Crippen LogP contribution in [0.1, 0.15) is 16.9 Å². The number of aryl methyl sites for hydroxylation is 1. The lowest BCUT2D eigenvalue weighted by atomic mass is 10.1. The van der Waals surface area contributed by atoms with E-state index in [1.165, 1.54) is 30.3 Å². The van der Waals surface area contributed by atoms with Crippen LogP contribution in [0.3, 0.4) is 0 Å². The maximum atomic E-state index is 12.9. The van der Waals surface area contributed by atoms with Crippen LogP contribution in [-0.4, -0.2) is 24.4 Å². The summed E-state index contributed by atoms with van der Waals surface area (Å²) in [4.78, 5) is 0.0703. The van der Waals surface area contributed by atoms with Crippen LogP contribution in [0.4, 0.5) is 13.2 Å². The molecule has 0 saturated carbocycles. The summed E-state index contributed by atoms with van der Waals surface area (Å²) in [6, 6.07) is 12.3.